The first-order valence-corrected chi connectivity index (χ1v) is 15.6. The number of aryl methyl sites for hydroxylation is 1. The number of hydrogen-bond donors (Lipinski definition) is 0. The number of hydrogen-bond acceptors (Lipinski definition) is 4. The van der Waals surface area contributed by atoms with Crippen molar-refractivity contribution in [1.82, 2.24) is 14.5 Å². The number of likely N-dealkylation sites (tertiary alicyclic amines) is 1. The van der Waals surface area contributed by atoms with Crippen molar-refractivity contribution in [1.29, 1.82) is 0 Å². The summed E-state index contributed by atoms with van der Waals surface area (Å²) in [5.74, 6) is 1.61. The Morgan fingerprint density at radius 3 is 2.31 bits per heavy atom. The van der Waals surface area contributed by atoms with Gasteiger partial charge in [-0.05, 0) is 67.9 Å². The van der Waals surface area contributed by atoms with Gasteiger partial charge in [0.25, 0.3) is 5.91 Å². The van der Waals surface area contributed by atoms with Gasteiger partial charge < -0.3 is 14.2 Å². The monoisotopic (exact) mass is 575 g/mol. The van der Waals surface area contributed by atoms with Crippen LogP contribution in [0.15, 0.2) is 96.4 Å². The fourth-order valence-electron chi connectivity index (χ4n) is 5.96. The van der Waals surface area contributed by atoms with E-state index in [1.807, 2.05) is 30.3 Å². The fourth-order valence-corrected chi connectivity index (χ4v) is 6.78. The quantitative estimate of drug-likeness (QED) is 0.179. The summed E-state index contributed by atoms with van der Waals surface area (Å²) in [4.78, 5) is 21.0. The van der Waals surface area contributed by atoms with E-state index in [4.69, 9.17) is 9.72 Å². The number of ether oxygens (including phenoxy) is 1. The number of thiazole rings is 1. The van der Waals surface area contributed by atoms with Crippen molar-refractivity contribution in [3.05, 3.63) is 119 Å². The molecule has 0 N–H and O–H groups in total. The van der Waals surface area contributed by atoms with Crippen molar-refractivity contribution >= 4 is 17.2 Å². The number of amides is 1. The Labute approximate surface area is 252 Å². The number of carbonyl (C=O) groups is 1. The molecule has 0 spiro atoms. The molecule has 0 unspecified atom stereocenters. The fraction of sp³-hybridized carbons (Fsp3) is 0.278. The zero-order chi connectivity index (χ0) is 28.9. The molecular weight excluding hydrogens is 538 g/mol. The maximum atomic E-state index is 13.9. The van der Waals surface area contributed by atoms with E-state index in [0.29, 0.717) is 5.92 Å². The summed E-state index contributed by atoms with van der Waals surface area (Å²) in [5.41, 5.74) is 7.43. The first-order chi connectivity index (χ1) is 20.6. The van der Waals surface area contributed by atoms with E-state index in [-0.39, 0.29) is 5.91 Å². The van der Waals surface area contributed by atoms with E-state index in [0.717, 1.165) is 84.3 Å². The van der Waals surface area contributed by atoms with Gasteiger partial charge in [0, 0.05) is 36.3 Å². The van der Waals surface area contributed by atoms with Crippen LogP contribution < -0.4 is 4.74 Å². The van der Waals surface area contributed by atoms with Gasteiger partial charge in [-0.3, -0.25) is 4.79 Å². The van der Waals surface area contributed by atoms with Gasteiger partial charge in [0.05, 0.1) is 24.1 Å². The molecule has 0 aliphatic carbocycles. The Balaban J connectivity index is 1.24. The molecule has 6 rings (SSSR count). The van der Waals surface area contributed by atoms with E-state index in [1.165, 1.54) is 11.1 Å². The normalized spacial score (nSPS) is 13.8. The van der Waals surface area contributed by atoms with Crippen LogP contribution in [0, 0.1) is 12.8 Å². The molecule has 214 valence electrons. The number of piperidine rings is 1. The van der Waals surface area contributed by atoms with Crippen molar-refractivity contribution in [3.63, 3.8) is 0 Å². The van der Waals surface area contributed by atoms with Crippen LogP contribution in [-0.4, -0.2) is 40.6 Å². The minimum atomic E-state index is 0.133. The molecule has 3 heterocycles. The smallest absolute Gasteiger partial charge is 0.255 e. The minimum absolute atomic E-state index is 0.133. The molecule has 1 amide bonds. The third-order valence-corrected chi connectivity index (χ3v) is 9.33. The Morgan fingerprint density at radius 1 is 0.929 bits per heavy atom. The summed E-state index contributed by atoms with van der Waals surface area (Å²) in [5, 5.41) is 3.10. The summed E-state index contributed by atoms with van der Waals surface area (Å²) in [6.07, 6.45) is 4.01. The van der Waals surface area contributed by atoms with Crippen molar-refractivity contribution in [2.45, 2.75) is 39.2 Å². The highest BCUT2D eigenvalue weighted by Gasteiger charge is 2.27. The Hall–Kier alpha value is -4.16. The molecule has 3 aromatic carbocycles. The van der Waals surface area contributed by atoms with Gasteiger partial charge in [-0.2, -0.15) is 0 Å². The van der Waals surface area contributed by atoms with Gasteiger partial charge in [-0.15, -0.1) is 11.3 Å². The number of rotatable bonds is 9. The molecule has 5 aromatic rings. The van der Waals surface area contributed by atoms with Gasteiger partial charge in [-0.1, -0.05) is 72.8 Å². The lowest BCUT2D eigenvalue weighted by atomic mass is 9.90. The number of benzene rings is 3. The lowest BCUT2D eigenvalue weighted by Crippen LogP contribution is -2.39. The maximum Gasteiger partial charge on any atom is 0.255 e. The zero-order valence-corrected chi connectivity index (χ0v) is 25.1. The van der Waals surface area contributed by atoms with E-state index in [9.17, 15) is 4.79 Å². The summed E-state index contributed by atoms with van der Waals surface area (Å²) in [6.45, 7) is 4.45. The molecule has 1 saturated heterocycles. The van der Waals surface area contributed by atoms with E-state index in [1.54, 1.807) is 18.4 Å². The maximum absolute atomic E-state index is 13.9. The van der Waals surface area contributed by atoms with Crippen molar-refractivity contribution in [2.24, 2.45) is 5.92 Å². The van der Waals surface area contributed by atoms with Crippen LogP contribution in [0.25, 0.3) is 22.0 Å². The highest BCUT2D eigenvalue weighted by atomic mass is 32.1. The number of nitrogens with zero attached hydrogens (tertiary/aromatic N) is 3. The first-order valence-electron chi connectivity index (χ1n) is 14.8. The predicted octanol–water partition coefficient (Wildman–Crippen LogP) is 7.93. The molecule has 0 bridgehead atoms. The highest BCUT2D eigenvalue weighted by Crippen LogP contribution is 2.33. The molecule has 0 saturated carbocycles. The molecule has 1 aliphatic rings. The number of carbonyl (C=O) groups excluding carboxylic acids is 1. The predicted molar refractivity (Wildman–Crippen MR) is 171 cm³/mol. The van der Waals surface area contributed by atoms with Crippen LogP contribution in [-0.2, 0) is 19.4 Å². The third kappa shape index (κ3) is 6.19. The Kier molecular flexibility index (Phi) is 8.52. The number of aromatic nitrogens is 2. The van der Waals surface area contributed by atoms with Crippen LogP contribution in [0.5, 0.6) is 5.75 Å². The third-order valence-electron chi connectivity index (χ3n) is 8.44. The minimum Gasteiger partial charge on any atom is -0.497 e. The second-order valence-corrected chi connectivity index (χ2v) is 12.0. The van der Waals surface area contributed by atoms with Crippen LogP contribution in [0.2, 0.25) is 0 Å². The molecule has 0 atom stereocenters. The van der Waals surface area contributed by atoms with Gasteiger partial charge in [0.1, 0.15) is 10.8 Å². The largest absolute Gasteiger partial charge is 0.497 e. The lowest BCUT2D eigenvalue weighted by Gasteiger charge is -2.32. The zero-order valence-electron chi connectivity index (χ0n) is 24.3. The number of methoxy groups -OCH3 is 1. The average molecular weight is 576 g/mol. The average Bonchev–Trinajstić information content (AvgIpc) is 3.66. The molecular formula is C36H37N3O2S. The molecule has 6 heteroatoms. The van der Waals surface area contributed by atoms with Crippen LogP contribution in [0.3, 0.4) is 0 Å². The standard InChI is InChI=1S/C36H37N3O2S/c1-26-32(36(40)38-20-17-29(18-21-38)23-28-9-5-3-6-10-28)24-34(33-25-42-35(37-33)30-11-7-4-8-12-30)39(26)22-19-27-13-15-31(41-2)16-14-27/h3-16,24-25,29H,17-23H2,1-2H3. The van der Waals surface area contributed by atoms with Gasteiger partial charge in [0.2, 0.25) is 0 Å². The molecule has 1 fully saturated rings. The molecule has 5 nitrogen and oxygen atoms in total. The molecule has 0 radical (unpaired) electrons. The Morgan fingerprint density at radius 2 is 1.62 bits per heavy atom. The van der Waals surface area contributed by atoms with Gasteiger partial charge in [-0.25, -0.2) is 4.98 Å². The summed E-state index contributed by atoms with van der Waals surface area (Å²) in [7, 11) is 1.69. The van der Waals surface area contributed by atoms with E-state index >= 15 is 0 Å². The van der Waals surface area contributed by atoms with Crippen molar-refractivity contribution in [3.8, 4) is 27.7 Å². The second kappa shape index (κ2) is 12.8. The Bertz CT molecular complexity index is 1620. The summed E-state index contributed by atoms with van der Waals surface area (Å²) in [6, 6.07) is 31.3. The van der Waals surface area contributed by atoms with E-state index < -0.39 is 0 Å². The summed E-state index contributed by atoms with van der Waals surface area (Å²) < 4.78 is 7.62. The second-order valence-electron chi connectivity index (χ2n) is 11.1. The van der Waals surface area contributed by atoms with Crippen molar-refractivity contribution < 1.29 is 9.53 Å². The van der Waals surface area contributed by atoms with Crippen LogP contribution in [0.4, 0.5) is 0 Å². The molecule has 2 aromatic heterocycles. The van der Waals surface area contributed by atoms with Crippen LogP contribution >= 0.6 is 11.3 Å². The van der Waals surface area contributed by atoms with E-state index in [2.05, 4.69) is 82.4 Å². The molecule has 1 aliphatic heterocycles. The highest BCUT2D eigenvalue weighted by molar-refractivity contribution is 7.13. The lowest BCUT2D eigenvalue weighted by molar-refractivity contribution is 0.0689. The topological polar surface area (TPSA) is 47.4 Å². The first kappa shape index (κ1) is 28.0. The van der Waals surface area contributed by atoms with Crippen molar-refractivity contribution in [2.75, 3.05) is 20.2 Å². The molecule has 42 heavy (non-hydrogen) atoms. The van der Waals surface area contributed by atoms with Gasteiger partial charge in [0.15, 0.2) is 0 Å². The van der Waals surface area contributed by atoms with Gasteiger partial charge >= 0.3 is 0 Å². The summed E-state index contributed by atoms with van der Waals surface area (Å²) >= 11 is 1.64. The van der Waals surface area contributed by atoms with Crippen LogP contribution in [0.1, 0.15) is 40.0 Å². The SMILES string of the molecule is COc1ccc(CCn2c(-c3csc(-c4ccccc4)n3)cc(C(=O)N3CCC(Cc4ccccc4)CC3)c2C)cc1.